The quantitative estimate of drug-likeness (QED) is 0.646. The molecule has 2 aromatic carbocycles. The molecule has 0 aliphatic carbocycles. The average molecular weight is 308 g/mol. The van der Waals surface area contributed by atoms with Gasteiger partial charge in [-0.05, 0) is 23.8 Å². The highest BCUT2D eigenvalue weighted by Gasteiger charge is 2.14. The van der Waals surface area contributed by atoms with Crippen molar-refractivity contribution in [2.75, 3.05) is 0 Å². The molecule has 21 heavy (non-hydrogen) atoms. The first-order valence-corrected chi connectivity index (χ1v) is 7.39. The standard InChI is InChI=1S/C13H12N2O5S/c16-12-2-1-3-13(8-12)21(19,20)14-9-10-4-6-11(7-5-10)15(17)18/h1-8,14,16H,9H2. The molecule has 2 rings (SSSR count). The number of nitrogens with zero attached hydrogens (tertiary/aromatic N) is 1. The molecule has 0 atom stereocenters. The summed E-state index contributed by atoms with van der Waals surface area (Å²) in [5.41, 5.74) is 0.527. The van der Waals surface area contributed by atoms with Crippen LogP contribution in [0.5, 0.6) is 5.75 Å². The first kappa shape index (κ1) is 14.9. The lowest BCUT2D eigenvalue weighted by Gasteiger charge is -2.07. The maximum absolute atomic E-state index is 12.0. The Hall–Kier alpha value is -2.45. The topological polar surface area (TPSA) is 110 Å². The predicted octanol–water partition coefficient (Wildman–Crippen LogP) is 1.78. The lowest BCUT2D eigenvalue weighted by Crippen LogP contribution is -2.23. The SMILES string of the molecule is O=[N+]([O-])c1ccc(CNS(=O)(=O)c2cccc(O)c2)cc1. The summed E-state index contributed by atoms with van der Waals surface area (Å²) in [5, 5.41) is 19.8. The Morgan fingerprint density at radius 1 is 1.14 bits per heavy atom. The summed E-state index contributed by atoms with van der Waals surface area (Å²) in [4.78, 5) is 9.94. The predicted molar refractivity (Wildman–Crippen MR) is 75.2 cm³/mol. The smallest absolute Gasteiger partial charge is 0.269 e. The van der Waals surface area contributed by atoms with Gasteiger partial charge in [0.1, 0.15) is 5.75 Å². The summed E-state index contributed by atoms with van der Waals surface area (Å²) >= 11 is 0. The van der Waals surface area contributed by atoms with Crippen molar-refractivity contribution in [2.45, 2.75) is 11.4 Å². The average Bonchev–Trinajstić information content (AvgIpc) is 2.45. The van der Waals surface area contributed by atoms with Gasteiger partial charge in [-0.3, -0.25) is 10.1 Å². The van der Waals surface area contributed by atoms with Crippen LogP contribution in [0.25, 0.3) is 0 Å². The van der Waals surface area contributed by atoms with Crippen LogP contribution in [0.15, 0.2) is 53.4 Å². The Labute approximate surface area is 121 Å². The summed E-state index contributed by atoms with van der Waals surface area (Å²) in [5.74, 6) is -0.145. The maximum atomic E-state index is 12.0. The number of hydrogen-bond donors (Lipinski definition) is 2. The van der Waals surface area contributed by atoms with Gasteiger partial charge in [0.05, 0.1) is 9.82 Å². The van der Waals surface area contributed by atoms with Gasteiger partial charge in [-0.25, -0.2) is 13.1 Å². The molecule has 0 aromatic heterocycles. The van der Waals surface area contributed by atoms with E-state index in [1.54, 1.807) is 0 Å². The molecule has 0 spiro atoms. The molecule has 7 nitrogen and oxygen atoms in total. The van der Waals surface area contributed by atoms with Gasteiger partial charge in [-0.1, -0.05) is 18.2 Å². The van der Waals surface area contributed by atoms with Gasteiger partial charge >= 0.3 is 0 Å². The number of nitro groups is 1. The molecular formula is C13H12N2O5S. The zero-order valence-electron chi connectivity index (χ0n) is 10.8. The molecule has 0 saturated carbocycles. The van der Waals surface area contributed by atoms with E-state index in [-0.39, 0.29) is 22.9 Å². The number of nitrogens with one attached hydrogen (secondary N) is 1. The molecule has 0 fully saturated rings. The minimum Gasteiger partial charge on any atom is -0.508 e. The molecule has 0 heterocycles. The van der Waals surface area contributed by atoms with Crippen molar-refractivity contribution in [3.63, 3.8) is 0 Å². The second-order valence-corrected chi connectivity index (χ2v) is 6.01. The number of non-ortho nitro benzene ring substituents is 1. The molecule has 0 amide bonds. The molecule has 0 saturated heterocycles. The van der Waals surface area contributed by atoms with Gasteiger partial charge in [0, 0.05) is 18.7 Å². The highest BCUT2D eigenvalue weighted by atomic mass is 32.2. The van der Waals surface area contributed by atoms with Crippen LogP contribution in [-0.2, 0) is 16.6 Å². The number of aromatic hydroxyl groups is 1. The molecule has 2 N–H and O–H groups in total. The molecule has 0 bridgehead atoms. The number of benzene rings is 2. The summed E-state index contributed by atoms with van der Waals surface area (Å²) in [6.07, 6.45) is 0. The lowest BCUT2D eigenvalue weighted by atomic mass is 10.2. The van der Waals surface area contributed by atoms with Gasteiger partial charge in [0.15, 0.2) is 0 Å². The van der Waals surface area contributed by atoms with Crippen LogP contribution < -0.4 is 4.72 Å². The van der Waals surface area contributed by atoms with Crippen molar-refractivity contribution in [3.05, 3.63) is 64.2 Å². The Kier molecular flexibility index (Phi) is 4.20. The molecule has 110 valence electrons. The minimum atomic E-state index is -3.75. The lowest BCUT2D eigenvalue weighted by molar-refractivity contribution is -0.384. The normalized spacial score (nSPS) is 11.2. The summed E-state index contributed by atoms with van der Waals surface area (Å²) in [6, 6.07) is 10.9. The van der Waals surface area contributed by atoms with Crippen molar-refractivity contribution in [2.24, 2.45) is 0 Å². The molecule has 0 aliphatic rings. The van der Waals surface area contributed by atoms with Crippen LogP contribution in [0.3, 0.4) is 0 Å². The monoisotopic (exact) mass is 308 g/mol. The van der Waals surface area contributed by atoms with E-state index < -0.39 is 14.9 Å². The summed E-state index contributed by atoms with van der Waals surface area (Å²) in [7, 11) is -3.75. The summed E-state index contributed by atoms with van der Waals surface area (Å²) in [6.45, 7) is -0.00398. The van der Waals surface area contributed by atoms with Gasteiger partial charge in [0.2, 0.25) is 10.0 Å². The zero-order chi connectivity index (χ0) is 15.5. The van der Waals surface area contributed by atoms with Gasteiger partial charge in [-0.15, -0.1) is 0 Å². The zero-order valence-corrected chi connectivity index (χ0v) is 11.6. The summed E-state index contributed by atoms with van der Waals surface area (Å²) < 4.78 is 26.4. The van der Waals surface area contributed by atoms with E-state index in [0.29, 0.717) is 5.56 Å². The number of nitro benzene ring substituents is 1. The minimum absolute atomic E-state index is 0.00398. The Morgan fingerprint density at radius 3 is 2.38 bits per heavy atom. The fourth-order valence-electron chi connectivity index (χ4n) is 1.65. The molecule has 0 aliphatic heterocycles. The molecule has 0 radical (unpaired) electrons. The van der Waals surface area contributed by atoms with E-state index in [1.807, 2.05) is 0 Å². The van der Waals surface area contributed by atoms with Crippen LogP contribution in [0.4, 0.5) is 5.69 Å². The van der Waals surface area contributed by atoms with Crippen molar-refractivity contribution in [1.82, 2.24) is 4.72 Å². The number of rotatable bonds is 5. The van der Waals surface area contributed by atoms with Crippen LogP contribution in [-0.4, -0.2) is 18.4 Å². The fraction of sp³-hybridized carbons (Fsp3) is 0.0769. The number of sulfonamides is 1. The van der Waals surface area contributed by atoms with Crippen molar-refractivity contribution in [1.29, 1.82) is 0 Å². The van der Waals surface area contributed by atoms with E-state index in [2.05, 4.69) is 4.72 Å². The molecule has 8 heteroatoms. The number of phenols is 1. The molecular weight excluding hydrogens is 296 g/mol. The first-order chi connectivity index (χ1) is 9.88. The number of phenolic OH excluding ortho intramolecular Hbond substituents is 1. The van der Waals surface area contributed by atoms with Crippen molar-refractivity contribution >= 4 is 15.7 Å². The van der Waals surface area contributed by atoms with Crippen LogP contribution in [0.1, 0.15) is 5.56 Å². The Morgan fingerprint density at radius 2 is 1.81 bits per heavy atom. The highest BCUT2D eigenvalue weighted by Crippen LogP contribution is 2.16. The Balaban J connectivity index is 2.10. The van der Waals surface area contributed by atoms with Crippen molar-refractivity contribution < 1.29 is 18.4 Å². The second-order valence-electron chi connectivity index (χ2n) is 4.25. The second kappa shape index (κ2) is 5.90. The van der Waals surface area contributed by atoms with E-state index in [0.717, 1.165) is 6.07 Å². The van der Waals surface area contributed by atoms with Crippen LogP contribution >= 0.6 is 0 Å². The highest BCUT2D eigenvalue weighted by molar-refractivity contribution is 7.89. The maximum Gasteiger partial charge on any atom is 0.269 e. The molecule has 0 unspecified atom stereocenters. The largest absolute Gasteiger partial charge is 0.508 e. The number of hydrogen-bond acceptors (Lipinski definition) is 5. The van der Waals surface area contributed by atoms with Crippen LogP contribution in [0, 0.1) is 10.1 Å². The van der Waals surface area contributed by atoms with E-state index in [4.69, 9.17) is 0 Å². The van der Waals surface area contributed by atoms with Gasteiger partial charge in [0.25, 0.3) is 5.69 Å². The van der Waals surface area contributed by atoms with Gasteiger partial charge in [-0.2, -0.15) is 0 Å². The fourth-order valence-corrected chi connectivity index (χ4v) is 2.70. The van der Waals surface area contributed by atoms with E-state index >= 15 is 0 Å². The van der Waals surface area contributed by atoms with E-state index in [9.17, 15) is 23.6 Å². The van der Waals surface area contributed by atoms with Gasteiger partial charge < -0.3 is 5.11 Å². The third-order valence-corrected chi connectivity index (χ3v) is 4.14. The third-order valence-electron chi connectivity index (χ3n) is 2.74. The molecule has 2 aromatic rings. The van der Waals surface area contributed by atoms with Crippen LogP contribution in [0.2, 0.25) is 0 Å². The Bertz CT molecular complexity index is 756. The van der Waals surface area contributed by atoms with Crippen molar-refractivity contribution in [3.8, 4) is 5.75 Å². The first-order valence-electron chi connectivity index (χ1n) is 5.90. The van der Waals surface area contributed by atoms with E-state index in [1.165, 1.54) is 42.5 Å². The third kappa shape index (κ3) is 3.77.